The lowest BCUT2D eigenvalue weighted by atomic mass is 9.84. The van der Waals surface area contributed by atoms with Crippen molar-refractivity contribution in [2.45, 2.75) is 71.4 Å². The molecule has 1 aliphatic carbocycles. The number of aromatic nitrogens is 1. The van der Waals surface area contributed by atoms with E-state index in [9.17, 15) is 14.7 Å². The van der Waals surface area contributed by atoms with Gasteiger partial charge in [-0.1, -0.05) is 24.9 Å². The Morgan fingerprint density at radius 3 is 2.67 bits per heavy atom. The molecule has 4 unspecified atom stereocenters. The van der Waals surface area contributed by atoms with Crippen LogP contribution in [0.15, 0.2) is 4.52 Å². The number of aryl methyl sites for hydroxylation is 2. The first-order chi connectivity index (χ1) is 11.4. The molecular weight excluding hydrogens is 308 g/mol. The van der Waals surface area contributed by atoms with E-state index in [0.29, 0.717) is 18.8 Å². The largest absolute Gasteiger partial charge is 0.480 e. The van der Waals surface area contributed by atoms with Crippen LogP contribution in [-0.4, -0.2) is 39.1 Å². The minimum absolute atomic E-state index is 0.0446. The lowest BCUT2D eigenvalue weighted by Gasteiger charge is -2.34. The number of amides is 1. The third-order valence-corrected chi connectivity index (χ3v) is 5.74. The fraction of sp³-hybridized carbons (Fsp3) is 0.722. The molecule has 1 aromatic heterocycles. The number of carbonyl (C=O) groups excluding carboxylic acids is 1. The second-order valence-electron chi connectivity index (χ2n) is 7.36. The summed E-state index contributed by atoms with van der Waals surface area (Å²) < 4.78 is 5.18. The van der Waals surface area contributed by atoms with Crippen LogP contribution in [0.3, 0.4) is 0 Å². The maximum Gasteiger partial charge on any atom is 0.326 e. The molecule has 1 N–H and O–H groups in total. The Kier molecular flexibility index (Phi) is 4.65. The zero-order chi connectivity index (χ0) is 17.4. The van der Waals surface area contributed by atoms with Crippen molar-refractivity contribution in [1.29, 1.82) is 0 Å². The van der Waals surface area contributed by atoms with E-state index in [0.717, 1.165) is 42.7 Å². The van der Waals surface area contributed by atoms with Crippen LogP contribution in [0.1, 0.15) is 56.0 Å². The Bertz CT molecular complexity index is 619. The van der Waals surface area contributed by atoms with Crippen LogP contribution in [0.25, 0.3) is 0 Å². The van der Waals surface area contributed by atoms with Gasteiger partial charge in [0.1, 0.15) is 11.8 Å². The maximum atomic E-state index is 13.1. The monoisotopic (exact) mass is 334 g/mol. The number of likely N-dealkylation sites (tertiary alicyclic amines) is 1. The van der Waals surface area contributed by atoms with Crippen molar-refractivity contribution in [2.75, 3.05) is 0 Å². The lowest BCUT2D eigenvalue weighted by molar-refractivity contribution is -0.151. The standard InChI is InChI=1S/C18H26N2O4/c1-10(8-14-11(2)19-24-12(14)3)17(21)20-15-7-5-4-6-13(15)9-16(20)18(22)23/h10,13,15-16H,4-9H2,1-3H3,(H,22,23). The van der Waals surface area contributed by atoms with Crippen molar-refractivity contribution in [1.82, 2.24) is 10.1 Å². The predicted octanol–water partition coefficient (Wildman–Crippen LogP) is 2.71. The van der Waals surface area contributed by atoms with E-state index < -0.39 is 12.0 Å². The molecule has 1 saturated carbocycles. The van der Waals surface area contributed by atoms with Crippen molar-refractivity contribution in [3.8, 4) is 0 Å². The molecule has 6 nitrogen and oxygen atoms in total. The Balaban J connectivity index is 1.79. The molecule has 0 spiro atoms. The molecule has 0 bridgehead atoms. The van der Waals surface area contributed by atoms with E-state index in [1.807, 2.05) is 20.8 Å². The predicted molar refractivity (Wildman–Crippen MR) is 87.5 cm³/mol. The zero-order valence-electron chi connectivity index (χ0n) is 14.6. The van der Waals surface area contributed by atoms with E-state index in [1.54, 1.807) is 4.90 Å². The van der Waals surface area contributed by atoms with Crippen molar-refractivity contribution in [3.05, 3.63) is 17.0 Å². The molecule has 0 aromatic carbocycles. The van der Waals surface area contributed by atoms with Crippen LogP contribution in [0.4, 0.5) is 0 Å². The minimum Gasteiger partial charge on any atom is -0.480 e. The Hall–Kier alpha value is -1.85. The van der Waals surface area contributed by atoms with Gasteiger partial charge in [0.15, 0.2) is 0 Å². The zero-order valence-corrected chi connectivity index (χ0v) is 14.6. The molecule has 3 rings (SSSR count). The van der Waals surface area contributed by atoms with Crippen LogP contribution in [0.5, 0.6) is 0 Å². The molecule has 6 heteroatoms. The van der Waals surface area contributed by atoms with Gasteiger partial charge in [-0.25, -0.2) is 4.79 Å². The Morgan fingerprint density at radius 1 is 1.33 bits per heavy atom. The summed E-state index contributed by atoms with van der Waals surface area (Å²) in [5, 5.41) is 13.5. The highest BCUT2D eigenvalue weighted by Gasteiger charge is 2.48. The number of carboxylic acids is 1. The third kappa shape index (κ3) is 2.94. The first-order valence-electron chi connectivity index (χ1n) is 8.86. The summed E-state index contributed by atoms with van der Waals surface area (Å²) >= 11 is 0. The summed E-state index contributed by atoms with van der Waals surface area (Å²) in [6.45, 7) is 5.60. The quantitative estimate of drug-likeness (QED) is 0.915. The second kappa shape index (κ2) is 6.57. The van der Waals surface area contributed by atoms with E-state index in [1.165, 1.54) is 0 Å². The summed E-state index contributed by atoms with van der Waals surface area (Å²) in [6.07, 6.45) is 5.33. The number of fused-ring (bicyclic) bond motifs is 1. The molecule has 1 aliphatic heterocycles. The summed E-state index contributed by atoms with van der Waals surface area (Å²) in [6, 6.07) is -0.572. The van der Waals surface area contributed by atoms with Gasteiger partial charge in [-0.15, -0.1) is 0 Å². The fourth-order valence-corrected chi connectivity index (χ4v) is 4.44. The molecule has 132 valence electrons. The van der Waals surface area contributed by atoms with Gasteiger partial charge in [-0.05, 0) is 45.4 Å². The molecule has 4 atom stereocenters. The van der Waals surface area contributed by atoms with E-state index in [4.69, 9.17) is 4.52 Å². The Labute approximate surface area is 142 Å². The highest BCUT2D eigenvalue weighted by Crippen LogP contribution is 2.40. The van der Waals surface area contributed by atoms with Gasteiger partial charge in [-0.3, -0.25) is 4.79 Å². The van der Waals surface area contributed by atoms with Gasteiger partial charge in [-0.2, -0.15) is 0 Å². The molecule has 2 fully saturated rings. The van der Waals surface area contributed by atoms with Crippen LogP contribution in [0.2, 0.25) is 0 Å². The van der Waals surface area contributed by atoms with Gasteiger partial charge in [0.25, 0.3) is 0 Å². The number of carbonyl (C=O) groups is 2. The van der Waals surface area contributed by atoms with E-state index in [2.05, 4.69) is 5.16 Å². The lowest BCUT2D eigenvalue weighted by Crippen LogP contribution is -2.48. The summed E-state index contributed by atoms with van der Waals surface area (Å²) in [4.78, 5) is 26.5. The van der Waals surface area contributed by atoms with Gasteiger partial charge < -0.3 is 14.5 Å². The SMILES string of the molecule is Cc1noc(C)c1CC(C)C(=O)N1C(C(=O)O)CC2CCCCC21. The van der Waals surface area contributed by atoms with E-state index >= 15 is 0 Å². The number of rotatable bonds is 4. The average Bonchev–Trinajstić information content (AvgIpc) is 3.09. The molecular formula is C18H26N2O4. The Morgan fingerprint density at radius 2 is 2.04 bits per heavy atom. The van der Waals surface area contributed by atoms with Crippen LogP contribution >= 0.6 is 0 Å². The number of carboxylic acid groups (broad SMARTS) is 1. The second-order valence-corrected chi connectivity index (χ2v) is 7.36. The van der Waals surface area contributed by atoms with Gasteiger partial charge in [0.05, 0.1) is 5.69 Å². The smallest absolute Gasteiger partial charge is 0.326 e. The fourth-order valence-electron chi connectivity index (χ4n) is 4.44. The molecule has 2 heterocycles. The van der Waals surface area contributed by atoms with Gasteiger partial charge in [0, 0.05) is 17.5 Å². The molecule has 1 aromatic rings. The normalized spacial score (nSPS) is 27.8. The van der Waals surface area contributed by atoms with Crippen LogP contribution in [-0.2, 0) is 16.0 Å². The topological polar surface area (TPSA) is 83.6 Å². The molecule has 1 saturated heterocycles. The summed E-state index contributed by atoms with van der Waals surface area (Å²) in [5.74, 6) is -0.114. The third-order valence-electron chi connectivity index (χ3n) is 5.74. The average molecular weight is 334 g/mol. The molecule has 24 heavy (non-hydrogen) atoms. The van der Waals surface area contributed by atoms with Crippen LogP contribution in [0, 0.1) is 25.7 Å². The highest BCUT2D eigenvalue weighted by molar-refractivity contribution is 5.86. The molecule has 0 radical (unpaired) electrons. The number of hydrogen-bond acceptors (Lipinski definition) is 4. The van der Waals surface area contributed by atoms with Gasteiger partial charge in [0.2, 0.25) is 5.91 Å². The first-order valence-corrected chi connectivity index (χ1v) is 8.86. The van der Waals surface area contributed by atoms with Crippen LogP contribution < -0.4 is 0 Å². The summed E-state index contributed by atoms with van der Waals surface area (Å²) in [7, 11) is 0. The number of nitrogens with zero attached hydrogens (tertiary/aromatic N) is 2. The molecule has 2 aliphatic rings. The van der Waals surface area contributed by atoms with Crippen molar-refractivity contribution in [3.63, 3.8) is 0 Å². The number of aliphatic carboxylic acids is 1. The molecule has 1 amide bonds. The van der Waals surface area contributed by atoms with E-state index in [-0.39, 0.29) is 17.9 Å². The summed E-state index contributed by atoms with van der Waals surface area (Å²) in [5.41, 5.74) is 1.76. The van der Waals surface area contributed by atoms with Crippen molar-refractivity contribution < 1.29 is 19.2 Å². The van der Waals surface area contributed by atoms with Crippen molar-refractivity contribution >= 4 is 11.9 Å². The minimum atomic E-state index is -0.873. The first kappa shape index (κ1) is 17.0. The number of hydrogen-bond donors (Lipinski definition) is 1. The maximum absolute atomic E-state index is 13.1. The van der Waals surface area contributed by atoms with Crippen molar-refractivity contribution in [2.24, 2.45) is 11.8 Å². The highest BCUT2D eigenvalue weighted by atomic mass is 16.5. The van der Waals surface area contributed by atoms with Gasteiger partial charge >= 0.3 is 5.97 Å².